The van der Waals surface area contributed by atoms with Crippen LogP contribution in [0.15, 0.2) is 30.9 Å². The summed E-state index contributed by atoms with van der Waals surface area (Å²) in [6.45, 7) is 4.19. The molecule has 2 nitrogen and oxygen atoms in total. The number of benzene rings is 1. The lowest BCUT2D eigenvalue weighted by Crippen LogP contribution is -2.33. The number of hydrogen-bond acceptors (Lipinski definition) is 2. The molecule has 1 aliphatic rings. The smallest absolute Gasteiger partial charge is 0.365 e. The van der Waals surface area contributed by atoms with Gasteiger partial charge in [0.1, 0.15) is 0 Å². The summed E-state index contributed by atoms with van der Waals surface area (Å²) in [7, 11) is 0. The fourth-order valence-electron chi connectivity index (χ4n) is 2.86. The van der Waals surface area contributed by atoms with Crippen molar-refractivity contribution < 1.29 is 13.2 Å². The van der Waals surface area contributed by atoms with Gasteiger partial charge in [-0.15, -0.1) is 6.58 Å². The van der Waals surface area contributed by atoms with E-state index in [1.807, 2.05) is 4.90 Å². The molecular formula is C16H17F3N2. The normalized spacial score (nSPS) is 15.7. The van der Waals surface area contributed by atoms with E-state index in [0.29, 0.717) is 12.2 Å². The number of anilines is 1. The lowest BCUT2D eigenvalue weighted by Gasteiger charge is -2.30. The van der Waals surface area contributed by atoms with E-state index in [0.717, 1.165) is 31.7 Å². The third-order valence-corrected chi connectivity index (χ3v) is 3.85. The third kappa shape index (κ3) is 3.38. The van der Waals surface area contributed by atoms with Crippen LogP contribution >= 0.6 is 0 Å². The molecule has 1 aliphatic carbocycles. The second kappa shape index (κ2) is 6.21. The first-order valence-electron chi connectivity index (χ1n) is 6.96. The van der Waals surface area contributed by atoms with Crippen molar-refractivity contribution in [2.45, 2.75) is 37.9 Å². The molecule has 1 saturated carbocycles. The number of halogens is 3. The number of alkyl halides is 3. The van der Waals surface area contributed by atoms with Crippen molar-refractivity contribution in [3.63, 3.8) is 0 Å². The van der Waals surface area contributed by atoms with E-state index in [-0.39, 0.29) is 11.6 Å². The molecule has 112 valence electrons. The van der Waals surface area contributed by atoms with Crippen LogP contribution in [0.25, 0.3) is 0 Å². The minimum atomic E-state index is -4.52. The highest BCUT2D eigenvalue weighted by atomic mass is 19.4. The molecule has 1 aromatic rings. The summed E-state index contributed by atoms with van der Waals surface area (Å²) in [5.41, 5.74) is -0.695. The van der Waals surface area contributed by atoms with E-state index in [2.05, 4.69) is 6.58 Å². The monoisotopic (exact) mass is 294 g/mol. The topological polar surface area (TPSA) is 27.0 Å². The van der Waals surface area contributed by atoms with Crippen molar-refractivity contribution in [2.24, 2.45) is 0 Å². The number of rotatable bonds is 4. The third-order valence-electron chi connectivity index (χ3n) is 3.85. The Morgan fingerprint density at radius 1 is 1.33 bits per heavy atom. The summed E-state index contributed by atoms with van der Waals surface area (Å²) in [5.74, 6) is 0. The first-order valence-corrected chi connectivity index (χ1v) is 6.96. The molecule has 0 aliphatic heterocycles. The Hall–Kier alpha value is -1.96. The van der Waals surface area contributed by atoms with Crippen LogP contribution < -0.4 is 4.90 Å². The fraction of sp³-hybridized carbons (Fsp3) is 0.438. The van der Waals surface area contributed by atoms with Gasteiger partial charge in [-0.25, -0.2) is 0 Å². The second-order valence-corrected chi connectivity index (χ2v) is 5.22. The second-order valence-electron chi connectivity index (χ2n) is 5.22. The Bertz CT molecular complexity index is 552. The molecule has 5 heteroatoms. The van der Waals surface area contributed by atoms with Crippen molar-refractivity contribution in [2.75, 3.05) is 11.4 Å². The lowest BCUT2D eigenvalue weighted by atomic mass is 10.1. The van der Waals surface area contributed by atoms with Crippen LogP contribution in [0.5, 0.6) is 0 Å². The molecule has 0 unspecified atom stereocenters. The highest BCUT2D eigenvalue weighted by molar-refractivity contribution is 5.56. The molecule has 0 saturated heterocycles. The molecule has 0 aromatic heterocycles. The molecule has 0 spiro atoms. The summed E-state index contributed by atoms with van der Waals surface area (Å²) >= 11 is 0. The van der Waals surface area contributed by atoms with Crippen molar-refractivity contribution in [1.29, 1.82) is 5.26 Å². The SMILES string of the molecule is C=CCN(c1ccc(C#N)c(C(F)(F)F)c1)C1CCCC1. The van der Waals surface area contributed by atoms with Gasteiger partial charge in [0.2, 0.25) is 0 Å². The Labute approximate surface area is 122 Å². The van der Waals surface area contributed by atoms with Gasteiger partial charge in [0.15, 0.2) is 0 Å². The standard InChI is InChI=1S/C16H17F3N2/c1-2-9-21(13-5-3-4-6-13)14-8-7-12(11-20)15(10-14)16(17,18)19/h2,7-8,10,13H,1,3-6,9H2. The predicted octanol–water partition coefficient (Wildman–Crippen LogP) is 4.51. The van der Waals surface area contributed by atoms with Crippen LogP contribution in [-0.2, 0) is 6.18 Å². The van der Waals surface area contributed by atoms with Gasteiger partial charge in [-0.1, -0.05) is 18.9 Å². The van der Waals surface area contributed by atoms with Crippen LogP contribution in [-0.4, -0.2) is 12.6 Å². The van der Waals surface area contributed by atoms with E-state index < -0.39 is 11.7 Å². The molecule has 0 radical (unpaired) electrons. The quantitative estimate of drug-likeness (QED) is 0.764. The molecule has 0 heterocycles. The average molecular weight is 294 g/mol. The highest BCUT2D eigenvalue weighted by Crippen LogP contribution is 2.36. The Kier molecular flexibility index (Phi) is 4.56. The molecule has 1 aromatic carbocycles. The van der Waals surface area contributed by atoms with Crippen LogP contribution in [0.3, 0.4) is 0 Å². The molecule has 21 heavy (non-hydrogen) atoms. The van der Waals surface area contributed by atoms with Gasteiger partial charge in [0.05, 0.1) is 17.2 Å². The average Bonchev–Trinajstić information content (AvgIpc) is 2.97. The van der Waals surface area contributed by atoms with Gasteiger partial charge in [-0.3, -0.25) is 0 Å². The number of hydrogen-bond donors (Lipinski definition) is 0. The van der Waals surface area contributed by atoms with Crippen LogP contribution in [0, 0.1) is 11.3 Å². The van der Waals surface area contributed by atoms with Crippen LogP contribution in [0.4, 0.5) is 18.9 Å². The maximum Gasteiger partial charge on any atom is 0.417 e. The molecule has 0 N–H and O–H groups in total. The number of nitriles is 1. The Morgan fingerprint density at radius 2 is 2.00 bits per heavy atom. The molecule has 0 atom stereocenters. The first-order chi connectivity index (χ1) is 9.97. The van der Waals surface area contributed by atoms with E-state index in [1.54, 1.807) is 18.2 Å². The maximum atomic E-state index is 13.1. The summed E-state index contributed by atoms with van der Waals surface area (Å²) in [6, 6.07) is 5.79. The van der Waals surface area contributed by atoms with Gasteiger partial charge in [-0.05, 0) is 31.0 Å². The minimum absolute atomic E-state index is 0.247. The van der Waals surface area contributed by atoms with Gasteiger partial charge in [0, 0.05) is 18.3 Å². The lowest BCUT2D eigenvalue weighted by molar-refractivity contribution is -0.137. The molecule has 2 rings (SSSR count). The van der Waals surface area contributed by atoms with Crippen molar-refractivity contribution in [3.8, 4) is 6.07 Å². The van der Waals surface area contributed by atoms with Gasteiger partial charge in [0.25, 0.3) is 0 Å². The predicted molar refractivity (Wildman–Crippen MR) is 76.0 cm³/mol. The summed E-state index contributed by atoms with van der Waals surface area (Å²) in [5, 5.41) is 8.85. The summed E-state index contributed by atoms with van der Waals surface area (Å²) in [6.07, 6.45) is 1.34. The van der Waals surface area contributed by atoms with E-state index in [4.69, 9.17) is 5.26 Å². The summed E-state index contributed by atoms with van der Waals surface area (Å²) < 4.78 is 39.2. The zero-order valence-corrected chi connectivity index (χ0v) is 11.7. The van der Waals surface area contributed by atoms with E-state index >= 15 is 0 Å². The van der Waals surface area contributed by atoms with Gasteiger partial charge >= 0.3 is 6.18 Å². The van der Waals surface area contributed by atoms with Gasteiger partial charge in [-0.2, -0.15) is 18.4 Å². The Balaban J connectivity index is 2.41. The zero-order chi connectivity index (χ0) is 15.5. The van der Waals surface area contributed by atoms with Crippen LogP contribution in [0.2, 0.25) is 0 Å². The first kappa shape index (κ1) is 15.4. The number of nitrogens with zero attached hydrogens (tertiary/aromatic N) is 2. The Morgan fingerprint density at radius 3 is 2.52 bits per heavy atom. The van der Waals surface area contributed by atoms with Crippen molar-refractivity contribution >= 4 is 5.69 Å². The molecule has 1 fully saturated rings. The van der Waals surface area contributed by atoms with E-state index in [9.17, 15) is 13.2 Å². The van der Waals surface area contributed by atoms with Gasteiger partial charge < -0.3 is 4.90 Å². The zero-order valence-electron chi connectivity index (χ0n) is 11.7. The minimum Gasteiger partial charge on any atom is -0.365 e. The maximum absolute atomic E-state index is 13.1. The summed E-state index contributed by atoms with van der Waals surface area (Å²) in [4.78, 5) is 1.95. The van der Waals surface area contributed by atoms with Crippen LogP contribution in [0.1, 0.15) is 36.8 Å². The van der Waals surface area contributed by atoms with E-state index in [1.165, 1.54) is 6.07 Å². The fourth-order valence-corrected chi connectivity index (χ4v) is 2.86. The molecular weight excluding hydrogens is 277 g/mol. The molecule has 0 bridgehead atoms. The van der Waals surface area contributed by atoms with Crippen molar-refractivity contribution in [3.05, 3.63) is 42.0 Å². The van der Waals surface area contributed by atoms with Crippen molar-refractivity contribution in [1.82, 2.24) is 0 Å². The molecule has 0 amide bonds. The largest absolute Gasteiger partial charge is 0.417 e. The highest BCUT2D eigenvalue weighted by Gasteiger charge is 2.34.